The van der Waals surface area contributed by atoms with E-state index in [1.165, 1.54) is 26.2 Å². The molecule has 0 amide bonds. The number of hydrogen-bond donors (Lipinski definition) is 1. The number of nitro benzene ring substituents is 1. The third-order valence-electron chi connectivity index (χ3n) is 3.04. The third kappa shape index (κ3) is 3.53. The van der Waals surface area contributed by atoms with Crippen LogP contribution in [0.5, 0.6) is 0 Å². The van der Waals surface area contributed by atoms with Gasteiger partial charge in [0.15, 0.2) is 0 Å². The molecule has 0 heterocycles. The van der Waals surface area contributed by atoms with Crippen LogP contribution in [0.25, 0.3) is 0 Å². The molecule has 0 aliphatic carbocycles. The normalized spacial score (nSPS) is 13.4. The summed E-state index contributed by atoms with van der Waals surface area (Å²) in [5.74, 6) is 0. The van der Waals surface area contributed by atoms with Crippen LogP contribution < -0.4 is 5.73 Å². The molecule has 1 rings (SSSR count). The molecule has 8 heteroatoms. The summed E-state index contributed by atoms with van der Waals surface area (Å²) in [6, 6.07) is 3.74. The number of sulfonamides is 1. The smallest absolute Gasteiger partial charge is 0.273 e. The molecule has 0 radical (unpaired) electrons. The van der Waals surface area contributed by atoms with Gasteiger partial charge in [0.2, 0.25) is 10.0 Å². The van der Waals surface area contributed by atoms with Crippen LogP contribution in [-0.2, 0) is 16.4 Å². The van der Waals surface area contributed by atoms with Crippen molar-refractivity contribution in [3.63, 3.8) is 0 Å². The molecule has 7 nitrogen and oxygen atoms in total. The monoisotopic (exact) mass is 301 g/mol. The molecule has 1 unspecified atom stereocenters. The predicted molar refractivity (Wildman–Crippen MR) is 75.9 cm³/mol. The van der Waals surface area contributed by atoms with E-state index in [4.69, 9.17) is 5.73 Å². The second-order valence-electron chi connectivity index (χ2n) is 4.71. The minimum absolute atomic E-state index is 0.0944. The first-order chi connectivity index (χ1) is 9.20. The van der Waals surface area contributed by atoms with E-state index in [1.807, 2.05) is 6.92 Å². The highest BCUT2D eigenvalue weighted by atomic mass is 32.2. The Labute approximate surface area is 118 Å². The molecule has 0 aromatic heterocycles. The summed E-state index contributed by atoms with van der Waals surface area (Å²) >= 11 is 0. The fraction of sp³-hybridized carbons (Fsp3) is 0.500. The second kappa shape index (κ2) is 6.29. The van der Waals surface area contributed by atoms with Crippen LogP contribution in [0, 0.1) is 10.1 Å². The zero-order valence-corrected chi connectivity index (χ0v) is 12.6. The van der Waals surface area contributed by atoms with Gasteiger partial charge in [-0.15, -0.1) is 0 Å². The molecule has 0 spiro atoms. The Balaban J connectivity index is 3.31. The predicted octanol–water partition coefficient (Wildman–Crippen LogP) is 1.12. The standard InChI is InChI=1S/C12H19N3O4S/c1-4-10(13)7-9-5-6-11(8-12(9)15(16)17)20(18,19)14(2)3/h5-6,8,10H,4,7,13H2,1-3H3. The fourth-order valence-corrected chi connectivity index (χ4v) is 2.61. The van der Waals surface area contributed by atoms with Crippen molar-refractivity contribution in [1.29, 1.82) is 0 Å². The van der Waals surface area contributed by atoms with Gasteiger partial charge in [-0.1, -0.05) is 13.0 Å². The number of nitro groups is 1. The van der Waals surface area contributed by atoms with Crippen molar-refractivity contribution in [3.05, 3.63) is 33.9 Å². The van der Waals surface area contributed by atoms with Crippen molar-refractivity contribution >= 4 is 15.7 Å². The Kier molecular flexibility index (Phi) is 5.21. The SMILES string of the molecule is CCC(N)Cc1ccc(S(=O)(=O)N(C)C)cc1[N+](=O)[O-]. The molecule has 112 valence electrons. The van der Waals surface area contributed by atoms with Gasteiger partial charge in [-0.05, 0) is 18.9 Å². The Morgan fingerprint density at radius 3 is 2.45 bits per heavy atom. The average molecular weight is 301 g/mol. The van der Waals surface area contributed by atoms with Gasteiger partial charge >= 0.3 is 0 Å². The number of rotatable bonds is 6. The highest BCUT2D eigenvalue weighted by Crippen LogP contribution is 2.25. The molecule has 20 heavy (non-hydrogen) atoms. The molecule has 0 saturated heterocycles. The van der Waals surface area contributed by atoms with Crippen molar-refractivity contribution in [2.75, 3.05) is 14.1 Å². The fourth-order valence-electron chi connectivity index (χ4n) is 1.68. The Bertz CT molecular complexity index is 599. The number of benzene rings is 1. The highest BCUT2D eigenvalue weighted by molar-refractivity contribution is 7.89. The molecule has 2 N–H and O–H groups in total. The van der Waals surface area contributed by atoms with Gasteiger partial charge in [0.25, 0.3) is 5.69 Å². The molecule has 0 aliphatic heterocycles. The lowest BCUT2D eigenvalue weighted by Crippen LogP contribution is -2.23. The van der Waals surface area contributed by atoms with Gasteiger partial charge in [-0.2, -0.15) is 0 Å². The second-order valence-corrected chi connectivity index (χ2v) is 6.86. The van der Waals surface area contributed by atoms with Crippen LogP contribution >= 0.6 is 0 Å². The molecule has 0 bridgehead atoms. The first kappa shape index (κ1) is 16.5. The van der Waals surface area contributed by atoms with Gasteiger partial charge in [-0.25, -0.2) is 12.7 Å². The Morgan fingerprint density at radius 1 is 1.40 bits per heavy atom. The lowest BCUT2D eigenvalue weighted by atomic mass is 10.0. The molecule has 0 fully saturated rings. The Morgan fingerprint density at radius 2 is 2.00 bits per heavy atom. The molecular formula is C12H19N3O4S. The van der Waals surface area contributed by atoms with Crippen LogP contribution in [0.2, 0.25) is 0 Å². The minimum atomic E-state index is -3.69. The quantitative estimate of drug-likeness (QED) is 0.626. The van der Waals surface area contributed by atoms with Crippen molar-refractivity contribution < 1.29 is 13.3 Å². The minimum Gasteiger partial charge on any atom is -0.327 e. The van der Waals surface area contributed by atoms with Crippen molar-refractivity contribution in [2.24, 2.45) is 5.73 Å². The zero-order chi connectivity index (χ0) is 15.5. The van der Waals surface area contributed by atoms with Gasteiger partial charge in [0.05, 0.1) is 9.82 Å². The van der Waals surface area contributed by atoms with E-state index in [2.05, 4.69) is 0 Å². The van der Waals surface area contributed by atoms with Gasteiger partial charge in [0, 0.05) is 31.8 Å². The van der Waals surface area contributed by atoms with E-state index < -0.39 is 14.9 Å². The summed E-state index contributed by atoms with van der Waals surface area (Å²) in [6.45, 7) is 1.89. The van der Waals surface area contributed by atoms with Crippen molar-refractivity contribution in [1.82, 2.24) is 4.31 Å². The number of nitrogens with zero attached hydrogens (tertiary/aromatic N) is 2. The summed E-state index contributed by atoms with van der Waals surface area (Å²) < 4.78 is 25.0. The van der Waals surface area contributed by atoms with Crippen LogP contribution in [-0.4, -0.2) is 37.8 Å². The molecule has 0 aliphatic rings. The molecular weight excluding hydrogens is 282 g/mol. The van der Waals surface area contributed by atoms with Crippen LogP contribution in [0.1, 0.15) is 18.9 Å². The van der Waals surface area contributed by atoms with Crippen LogP contribution in [0.15, 0.2) is 23.1 Å². The first-order valence-corrected chi connectivity index (χ1v) is 7.59. The van der Waals surface area contributed by atoms with Gasteiger partial charge < -0.3 is 5.73 Å². The maximum atomic E-state index is 12.0. The van der Waals surface area contributed by atoms with E-state index in [0.717, 1.165) is 10.4 Å². The largest absolute Gasteiger partial charge is 0.327 e. The summed E-state index contributed by atoms with van der Waals surface area (Å²) in [5, 5.41) is 11.1. The maximum Gasteiger partial charge on any atom is 0.273 e. The summed E-state index contributed by atoms with van der Waals surface area (Å²) in [4.78, 5) is 10.4. The van der Waals surface area contributed by atoms with E-state index in [1.54, 1.807) is 0 Å². The lowest BCUT2D eigenvalue weighted by Gasteiger charge is -2.13. The van der Waals surface area contributed by atoms with E-state index in [9.17, 15) is 18.5 Å². The van der Waals surface area contributed by atoms with Gasteiger partial charge in [0.1, 0.15) is 0 Å². The summed E-state index contributed by atoms with van der Waals surface area (Å²) in [7, 11) is -0.932. The average Bonchev–Trinajstić information content (AvgIpc) is 2.38. The highest BCUT2D eigenvalue weighted by Gasteiger charge is 2.23. The van der Waals surface area contributed by atoms with Crippen molar-refractivity contribution in [2.45, 2.75) is 30.7 Å². The zero-order valence-electron chi connectivity index (χ0n) is 11.7. The molecule has 1 aromatic carbocycles. The topological polar surface area (TPSA) is 107 Å². The van der Waals surface area contributed by atoms with Gasteiger partial charge in [-0.3, -0.25) is 10.1 Å². The molecule has 1 aromatic rings. The third-order valence-corrected chi connectivity index (χ3v) is 4.85. The molecule has 1 atom stereocenters. The molecule has 0 saturated carbocycles. The van der Waals surface area contributed by atoms with Crippen molar-refractivity contribution in [3.8, 4) is 0 Å². The lowest BCUT2D eigenvalue weighted by molar-refractivity contribution is -0.385. The number of hydrogen-bond acceptors (Lipinski definition) is 5. The number of nitrogens with two attached hydrogens (primary N) is 1. The van der Waals surface area contributed by atoms with E-state index in [-0.39, 0.29) is 16.6 Å². The first-order valence-electron chi connectivity index (χ1n) is 6.15. The van der Waals surface area contributed by atoms with E-state index in [0.29, 0.717) is 18.4 Å². The summed E-state index contributed by atoms with van der Waals surface area (Å²) in [6.07, 6.45) is 1.03. The maximum absolute atomic E-state index is 12.0. The Hall–Kier alpha value is -1.51. The van der Waals surface area contributed by atoms with Crippen LogP contribution in [0.3, 0.4) is 0 Å². The van der Waals surface area contributed by atoms with E-state index >= 15 is 0 Å². The van der Waals surface area contributed by atoms with Crippen LogP contribution in [0.4, 0.5) is 5.69 Å². The summed E-state index contributed by atoms with van der Waals surface area (Å²) in [5.41, 5.74) is 6.03.